The van der Waals surface area contributed by atoms with Gasteiger partial charge in [-0.25, -0.2) is 4.39 Å². The number of hydrogen-bond acceptors (Lipinski definition) is 3. The Morgan fingerprint density at radius 1 is 1.28 bits per heavy atom. The monoisotopic (exact) mass is 251 g/mol. The number of halogens is 1. The van der Waals surface area contributed by atoms with E-state index in [1.807, 2.05) is 6.92 Å². The second-order valence-corrected chi connectivity index (χ2v) is 5.24. The zero-order valence-corrected chi connectivity index (χ0v) is 10.5. The molecule has 0 spiro atoms. The summed E-state index contributed by atoms with van der Waals surface area (Å²) in [5, 5.41) is 0. The SMILES string of the molecule is CC(N)C1(c2c(F)ccc3c2OCCCO3)CC1. The Labute approximate surface area is 106 Å². The van der Waals surface area contributed by atoms with Crippen LogP contribution in [-0.2, 0) is 5.41 Å². The minimum atomic E-state index is -0.261. The normalized spacial score (nSPS) is 22.2. The van der Waals surface area contributed by atoms with Crippen LogP contribution in [0, 0.1) is 5.82 Å². The second-order valence-electron chi connectivity index (χ2n) is 5.24. The van der Waals surface area contributed by atoms with Gasteiger partial charge >= 0.3 is 0 Å². The molecule has 0 aromatic heterocycles. The van der Waals surface area contributed by atoms with Crippen LogP contribution >= 0.6 is 0 Å². The number of nitrogens with two attached hydrogens (primary N) is 1. The topological polar surface area (TPSA) is 44.5 Å². The minimum absolute atomic E-state index is 0.0784. The first-order chi connectivity index (χ1) is 8.65. The fraction of sp³-hybridized carbons (Fsp3) is 0.571. The van der Waals surface area contributed by atoms with Gasteiger partial charge in [0.25, 0.3) is 0 Å². The molecule has 1 aromatic rings. The molecule has 1 aliphatic carbocycles. The summed E-state index contributed by atoms with van der Waals surface area (Å²) in [6.07, 6.45) is 2.66. The quantitative estimate of drug-likeness (QED) is 0.877. The van der Waals surface area contributed by atoms with Gasteiger partial charge in [0.05, 0.1) is 13.2 Å². The van der Waals surface area contributed by atoms with Crippen molar-refractivity contribution < 1.29 is 13.9 Å². The number of ether oxygens (including phenoxy) is 2. The van der Waals surface area contributed by atoms with E-state index in [2.05, 4.69) is 0 Å². The third-order valence-corrected chi connectivity index (χ3v) is 4.02. The summed E-state index contributed by atoms with van der Waals surface area (Å²) in [5.41, 5.74) is 6.40. The molecule has 0 saturated heterocycles. The van der Waals surface area contributed by atoms with E-state index in [1.54, 1.807) is 6.07 Å². The molecule has 1 aliphatic heterocycles. The van der Waals surface area contributed by atoms with Crippen molar-refractivity contribution in [1.29, 1.82) is 0 Å². The van der Waals surface area contributed by atoms with Crippen LogP contribution in [0.5, 0.6) is 11.5 Å². The van der Waals surface area contributed by atoms with Crippen molar-refractivity contribution in [2.45, 2.75) is 37.6 Å². The van der Waals surface area contributed by atoms with Gasteiger partial charge in [0.15, 0.2) is 11.5 Å². The van der Waals surface area contributed by atoms with Gasteiger partial charge in [-0.2, -0.15) is 0 Å². The van der Waals surface area contributed by atoms with Gasteiger partial charge in [0.1, 0.15) is 5.82 Å². The van der Waals surface area contributed by atoms with Gasteiger partial charge in [0, 0.05) is 23.4 Å². The van der Waals surface area contributed by atoms with Crippen LogP contribution in [0.3, 0.4) is 0 Å². The van der Waals surface area contributed by atoms with Crippen molar-refractivity contribution in [3.63, 3.8) is 0 Å². The Balaban J connectivity index is 2.13. The van der Waals surface area contributed by atoms with Crippen molar-refractivity contribution in [2.24, 2.45) is 5.73 Å². The molecule has 4 heteroatoms. The first-order valence-electron chi connectivity index (χ1n) is 6.49. The molecule has 2 aliphatic rings. The van der Waals surface area contributed by atoms with E-state index >= 15 is 0 Å². The number of rotatable bonds is 2. The van der Waals surface area contributed by atoms with Crippen LogP contribution < -0.4 is 15.2 Å². The molecule has 2 N–H and O–H groups in total. The van der Waals surface area contributed by atoms with Gasteiger partial charge in [-0.3, -0.25) is 0 Å². The van der Waals surface area contributed by atoms with Crippen molar-refractivity contribution in [3.05, 3.63) is 23.5 Å². The molecule has 0 bridgehead atoms. The molecular weight excluding hydrogens is 233 g/mol. The average Bonchev–Trinajstić information content (AvgIpc) is 3.12. The van der Waals surface area contributed by atoms with Gasteiger partial charge in [-0.1, -0.05) is 0 Å². The summed E-state index contributed by atoms with van der Waals surface area (Å²) in [7, 11) is 0. The lowest BCUT2D eigenvalue weighted by molar-refractivity contribution is 0.294. The van der Waals surface area contributed by atoms with Crippen LogP contribution in [0.4, 0.5) is 4.39 Å². The summed E-state index contributed by atoms with van der Waals surface area (Å²) in [5.74, 6) is 0.993. The summed E-state index contributed by atoms with van der Waals surface area (Å²) < 4.78 is 25.5. The Morgan fingerprint density at radius 3 is 2.67 bits per heavy atom. The maximum Gasteiger partial charge on any atom is 0.167 e. The van der Waals surface area contributed by atoms with Crippen molar-refractivity contribution in [1.82, 2.24) is 0 Å². The molecule has 1 fully saturated rings. The van der Waals surface area contributed by atoms with E-state index in [1.165, 1.54) is 6.07 Å². The zero-order chi connectivity index (χ0) is 12.8. The predicted molar refractivity (Wildman–Crippen MR) is 66.6 cm³/mol. The van der Waals surface area contributed by atoms with Crippen LogP contribution in [-0.4, -0.2) is 19.3 Å². The van der Waals surface area contributed by atoms with E-state index < -0.39 is 0 Å². The maximum atomic E-state index is 14.2. The summed E-state index contributed by atoms with van der Waals surface area (Å²) in [4.78, 5) is 0. The molecule has 1 aromatic carbocycles. The molecule has 1 atom stereocenters. The molecule has 18 heavy (non-hydrogen) atoms. The van der Waals surface area contributed by atoms with E-state index in [-0.39, 0.29) is 17.3 Å². The maximum absolute atomic E-state index is 14.2. The number of hydrogen-bond donors (Lipinski definition) is 1. The Kier molecular flexibility index (Phi) is 2.70. The zero-order valence-electron chi connectivity index (χ0n) is 10.5. The van der Waals surface area contributed by atoms with E-state index in [4.69, 9.17) is 15.2 Å². The van der Waals surface area contributed by atoms with Gasteiger partial charge in [-0.05, 0) is 31.9 Å². The fourth-order valence-electron chi connectivity index (χ4n) is 2.74. The molecule has 98 valence electrons. The van der Waals surface area contributed by atoms with Gasteiger partial charge in [0.2, 0.25) is 0 Å². The molecule has 1 heterocycles. The Bertz CT molecular complexity index is 469. The summed E-state index contributed by atoms with van der Waals surface area (Å²) in [6, 6.07) is 3.03. The molecule has 3 rings (SSSR count). The second kappa shape index (κ2) is 4.12. The lowest BCUT2D eigenvalue weighted by atomic mass is 9.88. The lowest BCUT2D eigenvalue weighted by Gasteiger charge is -2.24. The van der Waals surface area contributed by atoms with E-state index in [0.29, 0.717) is 30.3 Å². The molecule has 0 radical (unpaired) electrons. The molecular formula is C14H18FNO2. The van der Waals surface area contributed by atoms with Crippen LogP contribution in [0.1, 0.15) is 31.7 Å². The average molecular weight is 251 g/mol. The highest BCUT2D eigenvalue weighted by Crippen LogP contribution is 2.56. The van der Waals surface area contributed by atoms with Crippen LogP contribution in [0.25, 0.3) is 0 Å². The molecule has 3 nitrogen and oxygen atoms in total. The van der Waals surface area contributed by atoms with Crippen LogP contribution in [0.2, 0.25) is 0 Å². The first kappa shape index (κ1) is 11.8. The standard InChI is InChI=1S/C14H18FNO2/c1-9(16)14(5-6-14)12-10(15)3-4-11-13(12)18-8-2-7-17-11/h3-4,9H,2,5-8,16H2,1H3. The third kappa shape index (κ3) is 1.67. The van der Waals surface area contributed by atoms with Crippen molar-refractivity contribution in [2.75, 3.05) is 13.2 Å². The largest absolute Gasteiger partial charge is 0.490 e. The Hall–Kier alpha value is -1.29. The van der Waals surface area contributed by atoms with E-state index in [0.717, 1.165) is 19.3 Å². The number of fused-ring (bicyclic) bond motifs is 1. The fourth-order valence-corrected chi connectivity index (χ4v) is 2.74. The van der Waals surface area contributed by atoms with Crippen molar-refractivity contribution >= 4 is 0 Å². The highest BCUT2D eigenvalue weighted by atomic mass is 19.1. The number of benzene rings is 1. The smallest absolute Gasteiger partial charge is 0.167 e. The molecule has 1 unspecified atom stereocenters. The van der Waals surface area contributed by atoms with Crippen molar-refractivity contribution in [3.8, 4) is 11.5 Å². The summed E-state index contributed by atoms with van der Waals surface area (Å²) >= 11 is 0. The highest BCUT2D eigenvalue weighted by molar-refractivity contribution is 5.54. The molecule has 1 saturated carbocycles. The van der Waals surface area contributed by atoms with E-state index in [9.17, 15) is 4.39 Å². The first-order valence-corrected chi connectivity index (χ1v) is 6.49. The lowest BCUT2D eigenvalue weighted by Crippen LogP contribution is -2.32. The van der Waals surface area contributed by atoms with Gasteiger partial charge in [-0.15, -0.1) is 0 Å². The van der Waals surface area contributed by atoms with Crippen LogP contribution in [0.15, 0.2) is 12.1 Å². The molecule has 0 amide bonds. The highest BCUT2D eigenvalue weighted by Gasteiger charge is 2.51. The predicted octanol–water partition coefficient (Wildman–Crippen LogP) is 2.37. The summed E-state index contributed by atoms with van der Waals surface area (Å²) in [6.45, 7) is 3.12. The Morgan fingerprint density at radius 2 is 2.00 bits per heavy atom. The third-order valence-electron chi connectivity index (χ3n) is 4.02. The minimum Gasteiger partial charge on any atom is -0.490 e. The van der Waals surface area contributed by atoms with Gasteiger partial charge < -0.3 is 15.2 Å².